The van der Waals surface area contributed by atoms with Crippen LogP contribution in [0.4, 0.5) is 0 Å². The van der Waals surface area contributed by atoms with Crippen LogP contribution in [0.3, 0.4) is 0 Å². The van der Waals surface area contributed by atoms with E-state index in [-0.39, 0.29) is 10.8 Å². The highest BCUT2D eigenvalue weighted by Gasteiger charge is 2.37. The van der Waals surface area contributed by atoms with Gasteiger partial charge in [-0.1, -0.05) is 70.2 Å². The number of rotatable bonds is 1. The highest BCUT2D eigenvalue weighted by atomic mass is 15.0. The van der Waals surface area contributed by atoms with E-state index in [0.29, 0.717) is 0 Å². The summed E-state index contributed by atoms with van der Waals surface area (Å²) < 4.78 is 2.48. The van der Waals surface area contributed by atoms with E-state index >= 15 is 0 Å². The Morgan fingerprint density at radius 1 is 0.588 bits per heavy atom. The maximum absolute atomic E-state index is 3.64. The van der Waals surface area contributed by atoms with Gasteiger partial charge >= 0.3 is 0 Å². The van der Waals surface area contributed by atoms with Crippen molar-refractivity contribution in [1.29, 1.82) is 0 Å². The monoisotopic (exact) mass is 442 g/mol. The van der Waals surface area contributed by atoms with Crippen LogP contribution in [0.5, 0.6) is 0 Å². The van der Waals surface area contributed by atoms with Crippen molar-refractivity contribution in [2.24, 2.45) is 0 Å². The van der Waals surface area contributed by atoms with Crippen molar-refractivity contribution < 1.29 is 0 Å². The Morgan fingerprint density at radius 2 is 1.29 bits per heavy atom. The average Bonchev–Trinajstić information content (AvgIpc) is 3.35. The van der Waals surface area contributed by atoms with Crippen LogP contribution < -0.4 is 0 Å². The molecule has 0 saturated carbocycles. The summed E-state index contributed by atoms with van der Waals surface area (Å²) in [5.41, 5.74) is 9.60. The second kappa shape index (κ2) is 6.54. The fourth-order valence-corrected chi connectivity index (χ4v) is 6.31. The zero-order chi connectivity index (χ0) is 23.2. The van der Waals surface area contributed by atoms with E-state index in [2.05, 4.69) is 116 Å². The minimum Gasteiger partial charge on any atom is -0.354 e. The number of aromatic amines is 1. The summed E-state index contributed by atoms with van der Waals surface area (Å²) in [4.78, 5) is 3.64. The molecule has 0 saturated heterocycles. The molecule has 0 spiro atoms. The molecule has 1 N–H and O–H groups in total. The van der Waals surface area contributed by atoms with Gasteiger partial charge in [0.15, 0.2) is 0 Å². The Hall–Kier alpha value is -3.52. The van der Waals surface area contributed by atoms with E-state index < -0.39 is 0 Å². The van der Waals surface area contributed by atoms with Crippen LogP contribution in [0.25, 0.3) is 49.3 Å². The predicted octanol–water partition coefficient (Wildman–Crippen LogP) is 8.77. The van der Waals surface area contributed by atoms with Crippen LogP contribution >= 0.6 is 0 Å². The van der Waals surface area contributed by atoms with Gasteiger partial charge in [0.1, 0.15) is 0 Å². The Bertz CT molecular complexity index is 1760. The molecule has 0 bridgehead atoms. The number of H-pyrrole nitrogens is 1. The minimum atomic E-state index is 0.184. The van der Waals surface area contributed by atoms with Gasteiger partial charge in [0.25, 0.3) is 0 Å². The molecule has 0 unspecified atom stereocenters. The molecule has 7 rings (SSSR count). The molecular weight excluding hydrogens is 412 g/mol. The smallest absolute Gasteiger partial charge is 0.0548 e. The highest BCUT2D eigenvalue weighted by molar-refractivity contribution is 6.18. The van der Waals surface area contributed by atoms with Crippen LogP contribution in [0.1, 0.15) is 51.7 Å². The summed E-state index contributed by atoms with van der Waals surface area (Å²) in [5, 5.41) is 5.17. The largest absolute Gasteiger partial charge is 0.354 e. The van der Waals surface area contributed by atoms with Crippen molar-refractivity contribution in [3.8, 4) is 5.69 Å². The molecule has 2 nitrogen and oxygen atoms in total. The van der Waals surface area contributed by atoms with Gasteiger partial charge in [-0.2, -0.15) is 0 Å². The summed E-state index contributed by atoms with van der Waals surface area (Å²) in [6, 6.07) is 29.4. The van der Waals surface area contributed by atoms with E-state index in [0.717, 1.165) is 0 Å². The lowest BCUT2D eigenvalue weighted by molar-refractivity contribution is 0.332. The number of benzene rings is 4. The van der Waals surface area contributed by atoms with E-state index in [1.165, 1.54) is 73.3 Å². The van der Waals surface area contributed by atoms with E-state index in [1.807, 2.05) is 0 Å². The first-order valence-corrected chi connectivity index (χ1v) is 12.4. The van der Waals surface area contributed by atoms with Gasteiger partial charge in [0.05, 0.1) is 11.0 Å². The topological polar surface area (TPSA) is 20.7 Å². The second-order valence-corrected chi connectivity index (χ2v) is 11.4. The van der Waals surface area contributed by atoms with E-state index in [9.17, 15) is 0 Å². The number of nitrogens with one attached hydrogen (secondary N) is 1. The third-order valence-electron chi connectivity index (χ3n) is 8.39. The third-order valence-corrected chi connectivity index (χ3v) is 8.39. The lowest BCUT2D eigenvalue weighted by atomic mass is 9.63. The lowest BCUT2D eigenvalue weighted by Gasteiger charge is -2.42. The van der Waals surface area contributed by atoms with Gasteiger partial charge in [-0.15, -0.1) is 0 Å². The molecule has 0 aliphatic heterocycles. The third kappa shape index (κ3) is 2.63. The van der Waals surface area contributed by atoms with Crippen LogP contribution in [0.2, 0.25) is 0 Å². The lowest BCUT2D eigenvalue weighted by Crippen LogP contribution is -2.33. The predicted molar refractivity (Wildman–Crippen MR) is 145 cm³/mol. The maximum Gasteiger partial charge on any atom is 0.0548 e. The van der Waals surface area contributed by atoms with Gasteiger partial charge in [0.2, 0.25) is 0 Å². The molecule has 2 heterocycles. The van der Waals surface area contributed by atoms with Crippen molar-refractivity contribution in [3.05, 3.63) is 90.0 Å². The Balaban J connectivity index is 1.59. The molecular formula is C32H30N2. The summed E-state index contributed by atoms with van der Waals surface area (Å²) in [6.07, 6.45) is 2.46. The van der Waals surface area contributed by atoms with Crippen molar-refractivity contribution in [3.63, 3.8) is 0 Å². The average molecular weight is 443 g/mol. The number of nitrogens with zero attached hydrogens (tertiary/aromatic N) is 1. The Labute approximate surface area is 200 Å². The molecule has 0 radical (unpaired) electrons. The molecule has 34 heavy (non-hydrogen) atoms. The van der Waals surface area contributed by atoms with Crippen molar-refractivity contribution >= 4 is 43.6 Å². The second-order valence-electron chi connectivity index (χ2n) is 11.4. The standard InChI is InChI=1S/C32H30N2/c1-31(2)15-16-32(3,4)26-17-20(13-14-25(26)31)34-29-12-8-6-10-22(29)24-18-28-23(19-30(24)34)21-9-5-7-11-27(21)33-28/h5-14,17-19,33H,15-16H2,1-4H3. The van der Waals surface area contributed by atoms with E-state index in [4.69, 9.17) is 0 Å². The molecule has 168 valence electrons. The fraction of sp³-hybridized carbons (Fsp3) is 0.250. The summed E-state index contributed by atoms with van der Waals surface area (Å²) in [7, 11) is 0. The number of hydrogen-bond acceptors (Lipinski definition) is 0. The van der Waals surface area contributed by atoms with Gasteiger partial charge in [-0.25, -0.2) is 0 Å². The van der Waals surface area contributed by atoms with Gasteiger partial charge in [-0.3, -0.25) is 0 Å². The maximum atomic E-state index is 3.64. The number of fused-ring (bicyclic) bond motifs is 7. The first kappa shape index (κ1) is 19.9. The van der Waals surface area contributed by atoms with Crippen molar-refractivity contribution in [1.82, 2.24) is 9.55 Å². The van der Waals surface area contributed by atoms with Crippen LogP contribution in [0.15, 0.2) is 78.9 Å². The highest BCUT2D eigenvalue weighted by Crippen LogP contribution is 2.47. The van der Waals surface area contributed by atoms with Crippen LogP contribution in [0, 0.1) is 0 Å². The summed E-state index contributed by atoms with van der Waals surface area (Å²) in [6.45, 7) is 9.61. The number of para-hydroxylation sites is 2. The molecule has 2 aromatic heterocycles. The molecule has 0 atom stereocenters. The van der Waals surface area contributed by atoms with Crippen molar-refractivity contribution in [2.45, 2.75) is 51.4 Å². The molecule has 1 aliphatic rings. The zero-order valence-corrected chi connectivity index (χ0v) is 20.4. The first-order valence-electron chi connectivity index (χ1n) is 12.4. The SMILES string of the molecule is CC1(C)CCC(C)(C)c2cc(-n3c4ccccc4c4cc5[nH]c6ccccc6c5cc43)ccc21. The molecule has 1 aliphatic carbocycles. The fourth-order valence-electron chi connectivity index (χ4n) is 6.31. The van der Waals surface area contributed by atoms with Crippen molar-refractivity contribution in [2.75, 3.05) is 0 Å². The number of hydrogen-bond donors (Lipinski definition) is 1. The van der Waals surface area contributed by atoms with Gasteiger partial charge in [0, 0.05) is 38.3 Å². The van der Waals surface area contributed by atoms with E-state index in [1.54, 1.807) is 0 Å². The molecule has 0 fully saturated rings. The van der Waals surface area contributed by atoms with Gasteiger partial charge in [-0.05, 0) is 71.2 Å². The Kier molecular flexibility index (Phi) is 3.83. The minimum absolute atomic E-state index is 0.184. The molecule has 2 heteroatoms. The summed E-state index contributed by atoms with van der Waals surface area (Å²) in [5.74, 6) is 0. The van der Waals surface area contributed by atoms with Gasteiger partial charge < -0.3 is 9.55 Å². The summed E-state index contributed by atoms with van der Waals surface area (Å²) >= 11 is 0. The quantitative estimate of drug-likeness (QED) is 0.263. The Morgan fingerprint density at radius 3 is 2.12 bits per heavy atom. The van der Waals surface area contributed by atoms with Crippen LogP contribution in [-0.4, -0.2) is 9.55 Å². The number of aromatic nitrogens is 2. The molecule has 4 aromatic carbocycles. The van der Waals surface area contributed by atoms with Crippen LogP contribution in [-0.2, 0) is 10.8 Å². The first-order chi connectivity index (χ1) is 16.3. The normalized spacial score (nSPS) is 17.1. The zero-order valence-electron chi connectivity index (χ0n) is 20.4. The molecule has 6 aromatic rings. The molecule has 0 amide bonds.